The second-order valence-corrected chi connectivity index (χ2v) is 7.96. The number of alkyl halides is 3. The van der Waals surface area contributed by atoms with Crippen molar-refractivity contribution in [1.82, 2.24) is 10.3 Å². The number of amides is 2. The average Bonchev–Trinajstić information content (AvgIpc) is 3.00. The maximum absolute atomic E-state index is 13.9. The van der Waals surface area contributed by atoms with E-state index < -0.39 is 47.3 Å². The quantitative estimate of drug-likeness (QED) is 0.687. The van der Waals surface area contributed by atoms with Gasteiger partial charge in [-0.15, -0.1) is 0 Å². The van der Waals surface area contributed by atoms with Crippen molar-refractivity contribution in [2.45, 2.75) is 44.6 Å². The first kappa shape index (κ1) is 23.6. The standard InChI is InChI=1S/C22H23F4N3O3/c1-11-9-13(23)5-6-15(11)17-12(2)21(3,22(24,25)26)32-18(17)20(31)29-14-7-8-28-16(10-14)19(30)27-4/h5-10,12,17-18H,1-4H3,(H,27,30)(H,28,29,31)/t12-,17-,18+,21+/m0/s1. The van der Waals surface area contributed by atoms with Crippen molar-refractivity contribution in [1.29, 1.82) is 0 Å². The maximum atomic E-state index is 13.9. The summed E-state index contributed by atoms with van der Waals surface area (Å²) in [5.41, 5.74) is -1.58. The van der Waals surface area contributed by atoms with Crippen LogP contribution in [0.5, 0.6) is 0 Å². The molecule has 2 N–H and O–H groups in total. The summed E-state index contributed by atoms with van der Waals surface area (Å²) in [6.07, 6.45) is -4.95. The molecule has 1 aliphatic heterocycles. The van der Waals surface area contributed by atoms with Gasteiger partial charge in [0.05, 0.1) is 0 Å². The highest BCUT2D eigenvalue weighted by atomic mass is 19.4. The van der Waals surface area contributed by atoms with E-state index in [9.17, 15) is 27.2 Å². The van der Waals surface area contributed by atoms with Crippen molar-refractivity contribution in [2.24, 2.45) is 5.92 Å². The molecule has 1 aromatic carbocycles. The van der Waals surface area contributed by atoms with E-state index in [1.807, 2.05) is 0 Å². The van der Waals surface area contributed by atoms with E-state index in [1.165, 1.54) is 44.4 Å². The normalized spacial score (nSPS) is 25.4. The summed E-state index contributed by atoms with van der Waals surface area (Å²) in [6.45, 7) is 3.85. The summed E-state index contributed by atoms with van der Waals surface area (Å²) in [6, 6.07) is 6.44. The fourth-order valence-electron chi connectivity index (χ4n) is 4.01. The van der Waals surface area contributed by atoms with Gasteiger partial charge in [-0.05, 0) is 49.2 Å². The fourth-order valence-corrected chi connectivity index (χ4v) is 4.01. The molecule has 1 aliphatic rings. The molecule has 0 unspecified atom stereocenters. The van der Waals surface area contributed by atoms with Crippen LogP contribution >= 0.6 is 0 Å². The van der Waals surface area contributed by atoms with Crippen LogP contribution in [0.15, 0.2) is 36.5 Å². The summed E-state index contributed by atoms with van der Waals surface area (Å²) in [5, 5.41) is 4.91. The first-order chi connectivity index (χ1) is 14.9. The van der Waals surface area contributed by atoms with Crippen molar-refractivity contribution in [3.8, 4) is 0 Å². The number of nitrogens with zero attached hydrogens (tertiary/aromatic N) is 1. The zero-order valence-electron chi connectivity index (χ0n) is 17.9. The van der Waals surface area contributed by atoms with Gasteiger partial charge in [0.15, 0.2) is 5.60 Å². The number of rotatable bonds is 4. The van der Waals surface area contributed by atoms with Crippen molar-refractivity contribution in [3.05, 3.63) is 59.2 Å². The number of anilines is 1. The van der Waals surface area contributed by atoms with Gasteiger partial charge in [-0.2, -0.15) is 13.2 Å². The topological polar surface area (TPSA) is 80.3 Å². The molecule has 1 aromatic heterocycles. The van der Waals surface area contributed by atoms with E-state index in [0.717, 1.165) is 13.0 Å². The molecule has 0 radical (unpaired) electrons. The molecular formula is C22H23F4N3O3. The summed E-state index contributed by atoms with van der Waals surface area (Å²) in [5.74, 6) is -3.96. The predicted molar refractivity (Wildman–Crippen MR) is 109 cm³/mol. The van der Waals surface area contributed by atoms with Crippen molar-refractivity contribution in [3.63, 3.8) is 0 Å². The zero-order chi connectivity index (χ0) is 23.8. The lowest BCUT2D eigenvalue weighted by Gasteiger charge is -2.32. The second-order valence-electron chi connectivity index (χ2n) is 7.96. The molecule has 32 heavy (non-hydrogen) atoms. The predicted octanol–water partition coefficient (Wildman–Crippen LogP) is 3.97. The molecule has 2 heterocycles. The van der Waals surface area contributed by atoms with E-state index in [-0.39, 0.29) is 11.4 Å². The van der Waals surface area contributed by atoms with Crippen molar-refractivity contribution < 1.29 is 31.9 Å². The number of halogens is 4. The van der Waals surface area contributed by atoms with Crippen molar-refractivity contribution in [2.75, 3.05) is 12.4 Å². The summed E-state index contributed by atoms with van der Waals surface area (Å²) in [7, 11) is 1.41. The van der Waals surface area contributed by atoms with E-state index in [1.54, 1.807) is 6.92 Å². The van der Waals surface area contributed by atoms with Gasteiger partial charge >= 0.3 is 6.18 Å². The number of nitrogens with one attached hydrogen (secondary N) is 2. The van der Waals surface area contributed by atoms with Crippen molar-refractivity contribution >= 4 is 17.5 Å². The molecule has 4 atom stereocenters. The van der Waals surface area contributed by atoms with Crippen LogP contribution in [-0.2, 0) is 9.53 Å². The molecule has 0 spiro atoms. The summed E-state index contributed by atoms with van der Waals surface area (Å²) < 4.78 is 60.8. The lowest BCUT2D eigenvalue weighted by Crippen LogP contribution is -2.47. The minimum atomic E-state index is -4.74. The van der Waals surface area contributed by atoms with Crippen LogP contribution in [0, 0.1) is 18.7 Å². The second kappa shape index (κ2) is 8.50. The van der Waals surface area contributed by atoms with Gasteiger partial charge in [0, 0.05) is 30.8 Å². The van der Waals surface area contributed by atoms with Gasteiger partial charge in [-0.3, -0.25) is 14.6 Å². The van der Waals surface area contributed by atoms with E-state index in [4.69, 9.17) is 4.74 Å². The number of aromatic nitrogens is 1. The van der Waals surface area contributed by atoms with Gasteiger partial charge < -0.3 is 15.4 Å². The third-order valence-corrected chi connectivity index (χ3v) is 6.00. The largest absolute Gasteiger partial charge is 0.417 e. The molecule has 3 rings (SSSR count). The highest BCUT2D eigenvalue weighted by Crippen LogP contribution is 2.53. The Labute approximate surface area is 182 Å². The average molecular weight is 453 g/mol. The van der Waals surface area contributed by atoms with Gasteiger partial charge in [0.2, 0.25) is 0 Å². The Balaban J connectivity index is 1.99. The molecule has 172 valence electrons. The van der Waals surface area contributed by atoms with Gasteiger partial charge in [0.25, 0.3) is 11.8 Å². The number of pyridine rings is 1. The van der Waals surface area contributed by atoms with Crippen LogP contribution in [0.3, 0.4) is 0 Å². The molecule has 1 fully saturated rings. The molecule has 0 aliphatic carbocycles. The Morgan fingerprint density at radius 1 is 1.19 bits per heavy atom. The highest BCUT2D eigenvalue weighted by Gasteiger charge is 2.65. The molecule has 0 bridgehead atoms. The number of carbonyl (C=O) groups excluding carboxylic acids is 2. The Kier molecular flexibility index (Phi) is 6.28. The first-order valence-electron chi connectivity index (χ1n) is 9.88. The van der Waals surface area contributed by atoms with E-state index in [2.05, 4.69) is 15.6 Å². The van der Waals surface area contributed by atoms with Crippen LogP contribution in [0.2, 0.25) is 0 Å². The molecule has 2 amide bonds. The lowest BCUT2D eigenvalue weighted by molar-refractivity contribution is -0.272. The molecular weight excluding hydrogens is 430 g/mol. The van der Waals surface area contributed by atoms with Gasteiger partial charge in [0.1, 0.15) is 17.6 Å². The third kappa shape index (κ3) is 4.19. The minimum absolute atomic E-state index is 0.0251. The van der Waals surface area contributed by atoms with Crippen LogP contribution in [0.4, 0.5) is 23.2 Å². The molecule has 10 heteroatoms. The van der Waals surface area contributed by atoms with Crippen LogP contribution in [-0.4, -0.2) is 41.7 Å². The summed E-state index contributed by atoms with van der Waals surface area (Å²) in [4.78, 5) is 28.8. The number of ether oxygens (including phenoxy) is 1. The smallest absolute Gasteiger partial charge is 0.354 e. The zero-order valence-corrected chi connectivity index (χ0v) is 17.9. The van der Waals surface area contributed by atoms with Crippen LogP contribution in [0.25, 0.3) is 0 Å². The van der Waals surface area contributed by atoms with Gasteiger partial charge in [-0.1, -0.05) is 13.0 Å². The molecule has 6 nitrogen and oxygen atoms in total. The lowest BCUT2D eigenvalue weighted by atomic mass is 9.76. The number of benzene rings is 1. The SMILES string of the molecule is CNC(=O)c1cc(NC(=O)[C@@H]2O[C@@](C)(C(F)(F)F)[C@@H](C)[C@H]2c2ccc(F)cc2C)ccn1. The fraction of sp³-hybridized carbons (Fsp3) is 0.409. The Hall–Kier alpha value is -3.01. The molecule has 2 aromatic rings. The Morgan fingerprint density at radius 3 is 2.47 bits per heavy atom. The molecule has 1 saturated heterocycles. The highest BCUT2D eigenvalue weighted by molar-refractivity contribution is 5.97. The molecule has 0 saturated carbocycles. The maximum Gasteiger partial charge on any atom is 0.417 e. The monoisotopic (exact) mass is 453 g/mol. The number of carbonyl (C=O) groups is 2. The first-order valence-corrected chi connectivity index (χ1v) is 9.88. The van der Waals surface area contributed by atoms with Crippen LogP contribution in [0.1, 0.15) is 41.4 Å². The number of aryl methyl sites for hydroxylation is 1. The van der Waals surface area contributed by atoms with E-state index in [0.29, 0.717) is 11.1 Å². The minimum Gasteiger partial charge on any atom is -0.354 e. The number of hydrogen-bond acceptors (Lipinski definition) is 4. The van der Waals surface area contributed by atoms with E-state index >= 15 is 0 Å². The van der Waals surface area contributed by atoms with Gasteiger partial charge in [-0.25, -0.2) is 4.39 Å². The Morgan fingerprint density at radius 2 is 1.88 bits per heavy atom. The Bertz CT molecular complexity index is 1040. The summed E-state index contributed by atoms with van der Waals surface area (Å²) >= 11 is 0. The van der Waals surface area contributed by atoms with Crippen LogP contribution < -0.4 is 10.6 Å². The third-order valence-electron chi connectivity index (χ3n) is 6.00. The number of hydrogen-bond donors (Lipinski definition) is 2.